The van der Waals surface area contributed by atoms with E-state index in [2.05, 4.69) is 0 Å². The van der Waals surface area contributed by atoms with Crippen molar-refractivity contribution >= 4 is 23.2 Å². The molecule has 20 heavy (non-hydrogen) atoms. The number of benzene rings is 1. The molecule has 0 N–H and O–H groups in total. The molecule has 2 aliphatic rings. The number of hydrogen-bond acceptors (Lipinski definition) is 2. The highest BCUT2D eigenvalue weighted by molar-refractivity contribution is 6.11. The minimum Gasteiger partial charge on any atom is -0.306 e. The molecular weight excluding hydrogens is 252 g/mol. The number of hydrogen-bond donors (Lipinski definition) is 0. The molecule has 0 unspecified atom stereocenters. The van der Waals surface area contributed by atoms with Crippen LogP contribution in [0.1, 0.15) is 33.1 Å². The first-order valence-corrected chi connectivity index (χ1v) is 7.29. The van der Waals surface area contributed by atoms with Gasteiger partial charge in [0.2, 0.25) is 11.8 Å². The summed E-state index contributed by atoms with van der Waals surface area (Å²) in [6.45, 7) is 4.22. The van der Waals surface area contributed by atoms with Gasteiger partial charge in [0.1, 0.15) is 6.54 Å². The maximum atomic E-state index is 12.4. The highest BCUT2D eigenvalue weighted by Crippen LogP contribution is 2.40. The number of carbonyl (C=O) groups is 2. The molecule has 1 aliphatic heterocycles. The van der Waals surface area contributed by atoms with E-state index in [0.717, 1.165) is 24.2 Å². The standard InChI is InChI=1S/C16H20N2O2/c1-11(2)9-15(19)17-10-16(20)18(12-7-8-12)14-6-4-3-5-13(14)17/h3-6,11-12H,7-10H2,1-2H3. The molecule has 0 aromatic heterocycles. The molecule has 1 heterocycles. The summed E-state index contributed by atoms with van der Waals surface area (Å²) in [5, 5.41) is 0. The van der Waals surface area contributed by atoms with E-state index >= 15 is 0 Å². The molecule has 1 aliphatic carbocycles. The number of rotatable bonds is 3. The Kier molecular flexibility index (Phi) is 3.24. The summed E-state index contributed by atoms with van der Waals surface area (Å²) < 4.78 is 0. The lowest BCUT2D eigenvalue weighted by molar-refractivity contribution is -0.123. The fraction of sp³-hybridized carbons (Fsp3) is 0.500. The van der Waals surface area contributed by atoms with E-state index in [4.69, 9.17) is 0 Å². The van der Waals surface area contributed by atoms with Crippen LogP contribution in [-0.2, 0) is 9.59 Å². The summed E-state index contributed by atoms with van der Waals surface area (Å²) in [5.41, 5.74) is 1.77. The second-order valence-corrected chi connectivity index (χ2v) is 6.06. The van der Waals surface area contributed by atoms with Gasteiger partial charge in [-0.3, -0.25) is 9.59 Å². The molecule has 0 spiro atoms. The van der Waals surface area contributed by atoms with Gasteiger partial charge in [0, 0.05) is 12.5 Å². The molecule has 0 atom stereocenters. The van der Waals surface area contributed by atoms with Gasteiger partial charge in [0.15, 0.2) is 0 Å². The summed E-state index contributed by atoms with van der Waals surface area (Å²) in [6, 6.07) is 8.08. The highest BCUT2D eigenvalue weighted by Gasteiger charge is 2.40. The van der Waals surface area contributed by atoms with E-state index in [1.165, 1.54) is 0 Å². The van der Waals surface area contributed by atoms with Crippen molar-refractivity contribution in [2.75, 3.05) is 16.3 Å². The van der Waals surface area contributed by atoms with Gasteiger partial charge in [0.05, 0.1) is 11.4 Å². The Hall–Kier alpha value is -1.84. The summed E-state index contributed by atoms with van der Waals surface area (Å²) >= 11 is 0. The van der Waals surface area contributed by atoms with Crippen LogP contribution in [0, 0.1) is 5.92 Å². The number of carbonyl (C=O) groups excluding carboxylic acids is 2. The maximum Gasteiger partial charge on any atom is 0.247 e. The Balaban J connectivity index is 1.95. The van der Waals surface area contributed by atoms with Crippen molar-refractivity contribution in [3.05, 3.63) is 24.3 Å². The number of amides is 2. The first-order valence-electron chi connectivity index (χ1n) is 7.29. The Labute approximate surface area is 119 Å². The van der Waals surface area contributed by atoms with E-state index in [0.29, 0.717) is 18.4 Å². The third-order valence-corrected chi connectivity index (χ3v) is 3.79. The Morgan fingerprint density at radius 3 is 2.50 bits per heavy atom. The number of nitrogens with zero attached hydrogens (tertiary/aromatic N) is 2. The van der Waals surface area contributed by atoms with Gasteiger partial charge in [0.25, 0.3) is 0 Å². The average molecular weight is 272 g/mol. The zero-order chi connectivity index (χ0) is 14.3. The zero-order valence-corrected chi connectivity index (χ0v) is 12.0. The van der Waals surface area contributed by atoms with Crippen LogP contribution in [0.4, 0.5) is 11.4 Å². The molecular formula is C16H20N2O2. The first-order chi connectivity index (χ1) is 9.58. The van der Waals surface area contributed by atoms with Crippen LogP contribution in [0.5, 0.6) is 0 Å². The van der Waals surface area contributed by atoms with Crippen LogP contribution in [0.2, 0.25) is 0 Å². The van der Waals surface area contributed by atoms with Gasteiger partial charge in [-0.2, -0.15) is 0 Å². The minimum absolute atomic E-state index is 0.0382. The molecule has 1 aromatic rings. The Bertz CT molecular complexity index is 549. The maximum absolute atomic E-state index is 12.4. The van der Waals surface area contributed by atoms with Crippen LogP contribution in [0.25, 0.3) is 0 Å². The topological polar surface area (TPSA) is 40.6 Å². The van der Waals surface area contributed by atoms with Crippen LogP contribution < -0.4 is 9.80 Å². The molecule has 1 saturated carbocycles. The summed E-state index contributed by atoms with van der Waals surface area (Å²) in [4.78, 5) is 28.3. The lowest BCUT2D eigenvalue weighted by Crippen LogP contribution is -2.49. The van der Waals surface area contributed by atoms with Crippen molar-refractivity contribution in [1.82, 2.24) is 0 Å². The zero-order valence-electron chi connectivity index (χ0n) is 12.0. The molecule has 4 nitrogen and oxygen atoms in total. The van der Waals surface area contributed by atoms with Crippen molar-refractivity contribution in [3.63, 3.8) is 0 Å². The predicted octanol–water partition coefficient (Wildman–Crippen LogP) is 2.57. The molecule has 3 rings (SSSR count). The molecule has 0 bridgehead atoms. The molecule has 1 fully saturated rings. The van der Waals surface area contributed by atoms with Crippen LogP contribution in [0.15, 0.2) is 24.3 Å². The molecule has 0 radical (unpaired) electrons. The van der Waals surface area contributed by atoms with E-state index < -0.39 is 0 Å². The third kappa shape index (κ3) is 2.30. The Morgan fingerprint density at radius 1 is 1.25 bits per heavy atom. The monoisotopic (exact) mass is 272 g/mol. The lowest BCUT2D eigenvalue weighted by Gasteiger charge is -2.36. The van der Waals surface area contributed by atoms with E-state index in [-0.39, 0.29) is 18.4 Å². The highest BCUT2D eigenvalue weighted by atomic mass is 16.2. The largest absolute Gasteiger partial charge is 0.306 e. The van der Waals surface area contributed by atoms with Crippen LogP contribution >= 0.6 is 0 Å². The Morgan fingerprint density at radius 2 is 1.90 bits per heavy atom. The van der Waals surface area contributed by atoms with Crippen molar-refractivity contribution in [3.8, 4) is 0 Å². The SMILES string of the molecule is CC(C)CC(=O)N1CC(=O)N(C2CC2)c2ccccc21. The number of fused-ring (bicyclic) bond motifs is 1. The fourth-order valence-corrected chi connectivity index (χ4v) is 2.74. The average Bonchev–Trinajstić information content (AvgIpc) is 3.21. The normalized spacial score (nSPS) is 18.4. The van der Waals surface area contributed by atoms with Crippen molar-refractivity contribution < 1.29 is 9.59 Å². The van der Waals surface area contributed by atoms with Crippen molar-refractivity contribution in [1.29, 1.82) is 0 Å². The van der Waals surface area contributed by atoms with E-state index in [1.807, 2.05) is 43.0 Å². The van der Waals surface area contributed by atoms with Crippen LogP contribution in [0.3, 0.4) is 0 Å². The third-order valence-electron chi connectivity index (χ3n) is 3.79. The van der Waals surface area contributed by atoms with Gasteiger partial charge in [-0.25, -0.2) is 0 Å². The quantitative estimate of drug-likeness (QED) is 0.848. The van der Waals surface area contributed by atoms with E-state index in [9.17, 15) is 9.59 Å². The van der Waals surface area contributed by atoms with Crippen molar-refractivity contribution in [2.45, 2.75) is 39.2 Å². The van der Waals surface area contributed by atoms with Gasteiger partial charge < -0.3 is 9.80 Å². The lowest BCUT2D eigenvalue weighted by atomic mass is 10.1. The van der Waals surface area contributed by atoms with E-state index in [1.54, 1.807) is 4.90 Å². The summed E-state index contributed by atoms with van der Waals surface area (Å²) in [7, 11) is 0. The number of para-hydroxylation sites is 2. The second kappa shape index (κ2) is 4.93. The van der Waals surface area contributed by atoms with Crippen molar-refractivity contribution in [2.24, 2.45) is 5.92 Å². The van der Waals surface area contributed by atoms with Gasteiger partial charge in [-0.05, 0) is 30.9 Å². The smallest absolute Gasteiger partial charge is 0.247 e. The molecule has 1 aromatic carbocycles. The minimum atomic E-state index is 0.0382. The second-order valence-electron chi connectivity index (χ2n) is 6.06. The summed E-state index contributed by atoms with van der Waals surface area (Å²) in [6.07, 6.45) is 2.62. The number of anilines is 2. The molecule has 4 heteroatoms. The fourth-order valence-electron chi connectivity index (χ4n) is 2.74. The first kappa shape index (κ1) is 13.2. The molecule has 106 valence electrons. The molecule has 2 amide bonds. The molecule has 0 saturated heterocycles. The summed E-state index contributed by atoms with van der Waals surface area (Å²) in [5.74, 6) is 0.380. The van der Waals surface area contributed by atoms with Gasteiger partial charge >= 0.3 is 0 Å². The van der Waals surface area contributed by atoms with Crippen LogP contribution in [-0.4, -0.2) is 24.4 Å². The van der Waals surface area contributed by atoms with Gasteiger partial charge in [-0.15, -0.1) is 0 Å². The van der Waals surface area contributed by atoms with Gasteiger partial charge in [-0.1, -0.05) is 26.0 Å². The predicted molar refractivity (Wildman–Crippen MR) is 78.8 cm³/mol.